The summed E-state index contributed by atoms with van der Waals surface area (Å²) in [6.07, 6.45) is 1.95. The molecule has 3 nitrogen and oxygen atoms in total. The third kappa shape index (κ3) is 1.86. The zero-order valence-electron chi connectivity index (χ0n) is 11.2. The van der Waals surface area contributed by atoms with Gasteiger partial charge in [-0.3, -0.25) is 0 Å². The Morgan fingerprint density at radius 2 is 1.90 bits per heavy atom. The average molecular weight is 269 g/mol. The molecule has 0 radical (unpaired) electrons. The van der Waals surface area contributed by atoms with Crippen molar-refractivity contribution in [3.8, 4) is 17.3 Å². The van der Waals surface area contributed by atoms with E-state index >= 15 is 0 Å². The molecule has 0 aliphatic carbocycles. The Morgan fingerprint density at radius 3 is 2.81 bits per heavy atom. The highest BCUT2D eigenvalue weighted by Gasteiger charge is 2.08. The highest BCUT2D eigenvalue weighted by molar-refractivity contribution is 5.96. The van der Waals surface area contributed by atoms with Crippen LogP contribution in [0.2, 0.25) is 0 Å². The zero-order valence-corrected chi connectivity index (χ0v) is 11.2. The van der Waals surface area contributed by atoms with Gasteiger partial charge in [0.05, 0.1) is 22.8 Å². The van der Waals surface area contributed by atoms with E-state index in [1.54, 1.807) is 0 Å². The minimum atomic E-state index is 0.657. The molecule has 0 atom stereocenters. The molecule has 0 unspecified atom stereocenters. The van der Waals surface area contributed by atoms with Crippen LogP contribution in [0.5, 0.6) is 0 Å². The number of para-hydroxylation sites is 1. The second kappa shape index (κ2) is 4.46. The summed E-state index contributed by atoms with van der Waals surface area (Å²) in [4.78, 5) is 7.96. The van der Waals surface area contributed by atoms with E-state index in [0.29, 0.717) is 5.56 Å². The van der Waals surface area contributed by atoms with E-state index in [1.165, 1.54) is 0 Å². The molecule has 2 aromatic heterocycles. The number of nitrogens with zero attached hydrogens (tertiary/aromatic N) is 2. The molecule has 0 bridgehead atoms. The van der Waals surface area contributed by atoms with Crippen molar-refractivity contribution in [1.82, 2.24) is 9.97 Å². The number of hydrogen-bond acceptors (Lipinski definition) is 2. The Bertz CT molecular complexity index is 1010. The van der Waals surface area contributed by atoms with Gasteiger partial charge in [0, 0.05) is 28.0 Å². The molecule has 4 aromatic rings. The number of fused-ring (bicyclic) bond motifs is 2. The third-order valence-electron chi connectivity index (χ3n) is 3.69. The molecule has 0 saturated heterocycles. The number of nitriles is 1. The van der Waals surface area contributed by atoms with Crippen molar-refractivity contribution in [1.29, 1.82) is 5.26 Å². The summed E-state index contributed by atoms with van der Waals surface area (Å²) in [6, 6.07) is 20.0. The van der Waals surface area contributed by atoms with Gasteiger partial charge in [-0.15, -0.1) is 0 Å². The number of aromatic amines is 1. The number of rotatable bonds is 1. The summed E-state index contributed by atoms with van der Waals surface area (Å²) < 4.78 is 0. The SMILES string of the molecule is N#Cc1ccc2[nH]cc(-c3ccc4ccccc4n3)c2c1. The van der Waals surface area contributed by atoms with Gasteiger partial charge in [-0.25, -0.2) is 4.98 Å². The summed E-state index contributed by atoms with van der Waals surface area (Å²) in [6.45, 7) is 0. The Labute approximate surface area is 121 Å². The van der Waals surface area contributed by atoms with E-state index in [2.05, 4.69) is 23.2 Å². The molecule has 0 aliphatic rings. The summed E-state index contributed by atoms with van der Waals surface area (Å²) >= 11 is 0. The summed E-state index contributed by atoms with van der Waals surface area (Å²) in [5.74, 6) is 0. The summed E-state index contributed by atoms with van der Waals surface area (Å²) in [5.41, 5.74) is 4.58. The van der Waals surface area contributed by atoms with Crippen LogP contribution in [0.4, 0.5) is 0 Å². The second-order valence-electron chi connectivity index (χ2n) is 4.96. The average Bonchev–Trinajstić information content (AvgIpc) is 2.97. The molecule has 0 aliphatic heterocycles. The maximum absolute atomic E-state index is 9.06. The summed E-state index contributed by atoms with van der Waals surface area (Å²) in [5, 5.41) is 11.2. The number of hydrogen-bond donors (Lipinski definition) is 1. The second-order valence-corrected chi connectivity index (χ2v) is 4.96. The predicted molar refractivity (Wildman–Crippen MR) is 83.8 cm³/mol. The molecule has 0 fully saturated rings. The van der Waals surface area contributed by atoms with Crippen molar-refractivity contribution in [2.24, 2.45) is 0 Å². The molecule has 2 heterocycles. The first-order valence-electron chi connectivity index (χ1n) is 6.72. The maximum Gasteiger partial charge on any atom is 0.0991 e. The third-order valence-corrected chi connectivity index (χ3v) is 3.69. The number of H-pyrrole nitrogens is 1. The normalized spacial score (nSPS) is 10.8. The highest BCUT2D eigenvalue weighted by Crippen LogP contribution is 2.29. The topological polar surface area (TPSA) is 52.5 Å². The Balaban J connectivity index is 1.97. The molecule has 0 saturated carbocycles. The molecule has 98 valence electrons. The molecule has 21 heavy (non-hydrogen) atoms. The van der Waals surface area contributed by atoms with E-state index in [9.17, 15) is 0 Å². The first-order chi connectivity index (χ1) is 10.3. The molecule has 0 amide bonds. The minimum absolute atomic E-state index is 0.657. The van der Waals surface area contributed by atoms with Crippen molar-refractivity contribution >= 4 is 21.8 Å². The molecular formula is C18H11N3. The lowest BCUT2D eigenvalue weighted by Crippen LogP contribution is -1.84. The molecule has 2 aromatic carbocycles. The van der Waals surface area contributed by atoms with Gasteiger partial charge in [-0.2, -0.15) is 5.26 Å². The fourth-order valence-corrected chi connectivity index (χ4v) is 2.62. The van der Waals surface area contributed by atoms with Crippen LogP contribution in [0.25, 0.3) is 33.1 Å². The molecule has 4 rings (SSSR count). The van der Waals surface area contributed by atoms with Crippen LogP contribution >= 0.6 is 0 Å². The van der Waals surface area contributed by atoms with Gasteiger partial charge in [0.1, 0.15) is 0 Å². The molecular weight excluding hydrogens is 258 g/mol. The molecule has 3 heteroatoms. The molecule has 1 N–H and O–H groups in total. The number of pyridine rings is 1. The first kappa shape index (κ1) is 11.7. The van der Waals surface area contributed by atoms with Crippen LogP contribution in [0.15, 0.2) is 60.8 Å². The van der Waals surface area contributed by atoms with E-state index in [0.717, 1.165) is 33.1 Å². The lowest BCUT2D eigenvalue weighted by atomic mass is 10.1. The van der Waals surface area contributed by atoms with Crippen molar-refractivity contribution in [3.63, 3.8) is 0 Å². The van der Waals surface area contributed by atoms with E-state index in [4.69, 9.17) is 10.2 Å². The fraction of sp³-hybridized carbons (Fsp3) is 0. The minimum Gasteiger partial charge on any atom is -0.360 e. The van der Waals surface area contributed by atoms with Gasteiger partial charge < -0.3 is 4.98 Å². The van der Waals surface area contributed by atoms with E-state index < -0.39 is 0 Å². The summed E-state index contributed by atoms with van der Waals surface area (Å²) in [7, 11) is 0. The van der Waals surface area contributed by atoms with Crippen LogP contribution in [0.1, 0.15) is 5.56 Å². The smallest absolute Gasteiger partial charge is 0.0991 e. The predicted octanol–water partition coefficient (Wildman–Crippen LogP) is 4.25. The van der Waals surface area contributed by atoms with Crippen molar-refractivity contribution < 1.29 is 0 Å². The standard InChI is InChI=1S/C18H11N3/c19-10-12-5-7-17-14(9-12)15(11-20-17)18-8-6-13-3-1-2-4-16(13)21-18/h1-9,11,20H. The largest absolute Gasteiger partial charge is 0.360 e. The van der Waals surface area contributed by atoms with Crippen LogP contribution in [0, 0.1) is 11.3 Å². The fourth-order valence-electron chi connectivity index (χ4n) is 2.62. The van der Waals surface area contributed by atoms with Gasteiger partial charge in [0.25, 0.3) is 0 Å². The first-order valence-corrected chi connectivity index (χ1v) is 6.72. The number of benzene rings is 2. The van der Waals surface area contributed by atoms with Gasteiger partial charge in [-0.1, -0.05) is 24.3 Å². The maximum atomic E-state index is 9.06. The Kier molecular flexibility index (Phi) is 2.48. The monoisotopic (exact) mass is 269 g/mol. The van der Waals surface area contributed by atoms with Crippen LogP contribution in [-0.4, -0.2) is 9.97 Å². The van der Waals surface area contributed by atoms with Crippen molar-refractivity contribution in [2.45, 2.75) is 0 Å². The Hall–Kier alpha value is -3.12. The van der Waals surface area contributed by atoms with E-state index in [1.807, 2.05) is 48.7 Å². The van der Waals surface area contributed by atoms with Gasteiger partial charge in [0.2, 0.25) is 0 Å². The quantitative estimate of drug-likeness (QED) is 0.561. The van der Waals surface area contributed by atoms with Crippen molar-refractivity contribution in [2.75, 3.05) is 0 Å². The van der Waals surface area contributed by atoms with Crippen molar-refractivity contribution in [3.05, 3.63) is 66.4 Å². The van der Waals surface area contributed by atoms with E-state index in [-0.39, 0.29) is 0 Å². The van der Waals surface area contributed by atoms with Gasteiger partial charge >= 0.3 is 0 Å². The lowest BCUT2D eigenvalue weighted by Gasteiger charge is -2.02. The van der Waals surface area contributed by atoms with Gasteiger partial charge in [-0.05, 0) is 30.3 Å². The van der Waals surface area contributed by atoms with Crippen LogP contribution in [-0.2, 0) is 0 Å². The number of nitrogens with one attached hydrogen (secondary N) is 1. The molecule has 0 spiro atoms. The van der Waals surface area contributed by atoms with Crippen LogP contribution < -0.4 is 0 Å². The van der Waals surface area contributed by atoms with Gasteiger partial charge in [0.15, 0.2) is 0 Å². The number of aromatic nitrogens is 2. The lowest BCUT2D eigenvalue weighted by molar-refractivity contribution is 1.40. The Morgan fingerprint density at radius 1 is 1.00 bits per heavy atom. The highest BCUT2D eigenvalue weighted by atomic mass is 14.7. The van der Waals surface area contributed by atoms with Crippen LogP contribution in [0.3, 0.4) is 0 Å². The zero-order chi connectivity index (χ0) is 14.2.